The fourth-order valence-corrected chi connectivity index (χ4v) is 4.02. The van der Waals surface area contributed by atoms with Crippen molar-refractivity contribution in [2.45, 2.75) is 12.5 Å². The Hall–Kier alpha value is -1.11. The maximum absolute atomic E-state index is 11.4. The van der Waals surface area contributed by atoms with Crippen LogP contribution in [0.4, 0.5) is 5.69 Å². The lowest BCUT2D eigenvalue weighted by Gasteiger charge is -2.42. The van der Waals surface area contributed by atoms with Crippen molar-refractivity contribution in [2.75, 3.05) is 37.3 Å². The van der Waals surface area contributed by atoms with E-state index >= 15 is 0 Å². The van der Waals surface area contributed by atoms with Gasteiger partial charge in [-0.1, -0.05) is 18.2 Å². The molecular formula is C14H20N2O3S. The zero-order valence-electron chi connectivity index (χ0n) is 11.6. The molecule has 0 aromatic heterocycles. The topological polar surface area (TPSA) is 60.9 Å². The van der Waals surface area contributed by atoms with Crippen molar-refractivity contribution < 1.29 is 13.5 Å². The van der Waals surface area contributed by atoms with Crippen molar-refractivity contribution in [1.82, 2.24) is 4.31 Å². The molecule has 6 heteroatoms. The van der Waals surface area contributed by atoms with E-state index < -0.39 is 10.0 Å². The monoisotopic (exact) mass is 296 g/mol. The predicted octanol–water partition coefficient (Wildman–Crippen LogP) is 0.301. The van der Waals surface area contributed by atoms with Crippen LogP contribution in [-0.2, 0) is 16.4 Å². The van der Waals surface area contributed by atoms with Gasteiger partial charge in [0, 0.05) is 44.2 Å². The van der Waals surface area contributed by atoms with E-state index in [9.17, 15) is 13.5 Å². The minimum absolute atomic E-state index is 0.337. The molecule has 0 bridgehead atoms. The van der Waals surface area contributed by atoms with E-state index in [0.717, 1.165) is 6.54 Å². The molecule has 2 heterocycles. The number of sulfonamides is 1. The van der Waals surface area contributed by atoms with E-state index in [4.69, 9.17) is 0 Å². The summed E-state index contributed by atoms with van der Waals surface area (Å²) >= 11 is 0. The summed E-state index contributed by atoms with van der Waals surface area (Å²) in [5.74, 6) is 0.350. The van der Waals surface area contributed by atoms with Crippen molar-refractivity contribution in [1.29, 1.82) is 0 Å². The Morgan fingerprint density at radius 1 is 1.25 bits per heavy atom. The zero-order chi connectivity index (χ0) is 14.3. The van der Waals surface area contributed by atoms with Crippen LogP contribution in [0.15, 0.2) is 24.3 Å². The highest BCUT2D eigenvalue weighted by Gasteiger charge is 2.35. The fraction of sp³-hybridized carbons (Fsp3) is 0.571. The number of para-hydroxylation sites is 1. The number of hydrogen-bond donors (Lipinski definition) is 1. The van der Waals surface area contributed by atoms with Gasteiger partial charge in [0.05, 0.1) is 12.4 Å². The molecule has 1 aromatic rings. The summed E-state index contributed by atoms with van der Waals surface area (Å²) in [5.41, 5.74) is 2.35. The largest absolute Gasteiger partial charge is 0.391 e. The van der Waals surface area contributed by atoms with Gasteiger partial charge >= 0.3 is 0 Å². The average molecular weight is 296 g/mol. The fourth-order valence-electron chi connectivity index (χ4n) is 3.06. The number of nitrogens with zero attached hydrogens (tertiary/aromatic N) is 2. The number of rotatable bonds is 3. The van der Waals surface area contributed by atoms with Gasteiger partial charge in [0.25, 0.3) is 0 Å². The number of aliphatic hydroxyl groups excluding tert-OH is 1. The first-order chi connectivity index (χ1) is 9.43. The van der Waals surface area contributed by atoms with Crippen LogP contribution in [0, 0.1) is 5.92 Å². The van der Waals surface area contributed by atoms with Crippen molar-refractivity contribution in [2.24, 2.45) is 5.92 Å². The van der Waals surface area contributed by atoms with E-state index in [1.54, 1.807) is 0 Å². The third-order valence-corrected chi connectivity index (χ3v) is 5.33. The molecule has 0 spiro atoms. The highest BCUT2D eigenvalue weighted by molar-refractivity contribution is 7.88. The Labute approximate surface area is 119 Å². The van der Waals surface area contributed by atoms with Gasteiger partial charge in [-0.3, -0.25) is 0 Å². The van der Waals surface area contributed by atoms with Gasteiger partial charge in [0.2, 0.25) is 10.0 Å². The summed E-state index contributed by atoms with van der Waals surface area (Å²) in [6, 6.07) is 8.12. The lowest BCUT2D eigenvalue weighted by Crippen LogP contribution is -2.54. The van der Waals surface area contributed by atoms with Crippen LogP contribution in [0.3, 0.4) is 0 Å². The Morgan fingerprint density at radius 2 is 1.95 bits per heavy atom. The molecule has 0 radical (unpaired) electrons. The summed E-state index contributed by atoms with van der Waals surface area (Å²) in [4.78, 5) is 2.19. The van der Waals surface area contributed by atoms with E-state index in [-0.39, 0.29) is 6.10 Å². The molecule has 1 aromatic carbocycles. The third-order valence-electron chi connectivity index (χ3n) is 4.09. The van der Waals surface area contributed by atoms with Gasteiger partial charge in [-0.2, -0.15) is 0 Å². The summed E-state index contributed by atoms with van der Waals surface area (Å²) in [6.07, 6.45) is 1.62. The van der Waals surface area contributed by atoms with E-state index in [1.807, 2.05) is 18.2 Å². The Kier molecular flexibility index (Phi) is 3.48. The lowest BCUT2D eigenvalue weighted by atomic mass is 9.96. The summed E-state index contributed by atoms with van der Waals surface area (Å²) in [6.45, 7) is 2.62. The van der Waals surface area contributed by atoms with Gasteiger partial charge in [0.1, 0.15) is 0 Å². The highest BCUT2D eigenvalue weighted by atomic mass is 32.2. The SMILES string of the molecule is CS(=O)(=O)N1CC(CN2CC(O)Cc3ccccc32)C1. The van der Waals surface area contributed by atoms with Crippen LogP contribution < -0.4 is 4.90 Å². The van der Waals surface area contributed by atoms with Crippen molar-refractivity contribution >= 4 is 15.7 Å². The lowest BCUT2D eigenvalue weighted by molar-refractivity contribution is 0.163. The second-order valence-electron chi connectivity index (χ2n) is 5.84. The minimum Gasteiger partial charge on any atom is -0.391 e. The number of fused-ring (bicyclic) bond motifs is 1. The van der Waals surface area contributed by atoms with Crippen LogP contribution in [0.2, 0.25) is 0 Å². The first kappa shape index (κ1) is 13.9. The van der Waals surface area contributed by atoms with E-state index in [1.165, 1.54) is 21.8 Å². The number of aliphatic hydroxyl groups is 1. The summed E-state index contributed by atoms with van der Waals surface area (Å²) < 4.78 is 24.3. The number of benzene rings is 1. The van der Waals surface area contributed by atoms with Crippen LogP contribution in [0.5, 0.6) is 0 Å². The predicted molar refractivity (Wildman–Crippen MR) is 78.3 cm³/mol. The Morgan fingerprint density at radius 3 is 2.65 bits per heavy atom. The number of anilines is 1. The van der Waals surface area contributed by atoms with Crippen LogP contribution in [0.25, 0.3) is 0 Å². The molecule has 1 saturated heterocycles. The molecule has 0 saturated carbocycles. The minimum atomic E-state index is -3.05. The average Bonchev–Trinajstić information content (AvgIpc) is 2.31. The molecule has 110 valence electrons. The standard InChI is InChI=1S/C14H20N2O3S/c1-20(18,19)16-8-11(9-16)7-15-10-13(17)6-12-4-2-3-5-14(12)15/h2-5,11,13,17H,6-10H2,1H3. The molecule has 2 aliphatic rings. The van der Waals surface area contributed by atoms with Crippen molar-refractivity contribution in [3.63, 3.8) is 0 Å². The Bertz CT molecular complexity index is 596. The third kappa shape index (κ3) is 2.68. The van der Waals surface area contributed by atoms with Crippen LogP contribution in [0.1, 0.15) is 5.56 Å². The molecule has 5 nitrogen and oxygen atoms in total. The molecule has 1 unspecified atom stereocenters. The normalized spacial score (nSPS) is 24.3. The second-order valence-corrected chi connectivity index (χ2v) is 7.82. The molecular weight excluding hydrogens is 276 g/mol. The maximum atomic E-state index is 11.4. The molecule has 1 N–H and O–H groups in total. The molecule has 1 fully saturated rings. The van der Waals surface area contributed by atoms with Crippen molar-refractivity contribution in [3.8, 4) is 0 Å². The molecule has 1 atom stereocenters. The van der Waals surface area contributed by atoms with Gasteiger partial charge in [-0.15, -0.1) is 0 Å². The van der Waals surface area contributed by atoms with Crippen molar-refractivity contribution in [3.05, 3.63) is 29.8 Å². The quantitative estimate of drug-likeness (QED) is 0.871. The van der Waals surface area contributed by atoms with E-state index in [0.29, 0.717) is 32.0 Å². The Balaban J connectivity index is 1.68. The molecule has 2 aliphatic heterocycles. The molecule has 0 amide bonds. The van der Waals surface area contributed by atoms with Gasteiger partial charge in [0.15, 0.2) is 0 Å². The van der Waals surface area contributed by atoms with Crippen LogP contribution >= 0.6 is 0 Å². The highest BCUT2D eigenvalue weighted by Crippen LogP contribution is 2.29. The first-order valence-electron chi connectivity index (χ1n) is 6.89. The van der Waals surface area contributed by atoms with Gasteiger partial charge in [-0.25, -0.2) is 12.7 Å². The first-order valence-corrected chi connectivity index (χ1v) is 8.74. The molecule has 3 rings (SSSR count). The molecule has 0 aliphatic carbocycles. The van der Waals surface area contributed by atoms with Gasteiger partial charge < -0.3 is 10.0 Å². The number of hydrogen-bond acceptors (Lipinski definition) is 4. The van der Waals surface area contributed by atoms with Gasteiger partial charge in [-0.05, 0) is 11.6 Å². The summed E-state index contributed by atoms with van der Waals surface area (Å²) in [7, 11) is -3.05. The summed E-state index contributed by atoms with van der Waals surface area (Å²) in [5, 5.41) is 9.96. The number of β-amino-alcohol motifs (C(OH)–C–C–N with tert-alkyl or cyclic N) is 1. The second kappa shape index (κ2) is 5.02. The molecule has 20 heavy (non-hydrogen) atoms. The van der Waals surface area contributed by atoms with Crippen LogP contribution in [-0.4, -0.2) is 56.4 Å². The zero-order valence-corrected chi connectivity index (χ0v) is 12.4. The maximum Gasteiger partial charge on any atom is 0.211 e. The smallest absolute Gasteiger partial charge is 0.211 e. The van der Waals surface area contributed by atoms with E-state index in [2.05, 4.69) is 11.0 Å².